The van der Waals surface area contributed by atoms with Crippen LogP contribution in [0.4, 0.5) is 0 Å². The summed E-state index contributed by atoms with van der Waals surface area (Å²) >= 11 is 1.46. The molecule has 1 N–H and O–H groups in total. The minimum absolute atomic E-state index is 0.0399. The normalized spacial score (nSPS) is 16.2. The van der Waals surface area contributed by atoms with Crippen LogP contribution in [0.2, 0.25) is 0 Å². The predicted molar refractivity (Wildman–Crippen MR) is 127 cm³/mol. The first-order valence-electron chi connectivity index (χ1n) is 11.0. The Kier molecular flexibility index (Phi) is 6.90. The molecule has 4 rings (SSSR count). The minimum atomic E-state index is -0.595. The van der Waals surface area contributed by atoms with Gasteiger partial charge in [-0.05, 0) is 60.0 Å². The summed E-state index contributed by atoms with van der Waals surface area (Å²) in [6.07, 6.45) is 1.06. The highest BCUT2D eigenvalue weighted by Crippen LogP contribution is 2.38. The molecule has 166 valence electrons. The van der Waals surface area contributed by atoms with E-state index in [4.69, 9.17) is 4.74 Å². The first-order chi connectivity index (χ1) is 15.6. The molecule has 2 unspecified atom stereocenters. The SMILES string of the molecule is CCCNC(=O)C(C)Oc1ccc2c(c1)C(c1ccccc1)N(C(=O)c1cccs1)CC2. The van der Waals surface area contributed by atoms with E-state index in [0.717, 1.165) is 28.8 Å². The summed E-state index contributed by atoms with van der Waals surface area (Å²) in [5.74, 6) is 0.547. The third-order valence-electron chi connectivity index (χ3n) is 5.69. The molecule has 2 amide bonds. The second kappa shape index (κ2) is 10.0. The Bertz CT molecular complexity index is 1070. The summed E-state index contributed by atoms with van der Waals surface area (Å²) in [7, 11) is 0. The van der Waals surface area contributed by atoms with Crippen LogP contribution in [0.15, 0.2) is 66.0 Å². The van der Waals surface area contributed by atoms with Gasteiger partial charge in [-0.3, -0.25) is 9.59 Å². The van der Waals surface area contributed by atoms with Crippen molar-refractivity contribution in [3.05, 3.63) is 87.6 Å². The van der Waals surface area contributed by atoms with Crippen LogP contribution in [0.3, 0.4) is 0 Å². The highest BCUT2D eigenvalue weighted by Gasteiger charge is 2.33. The van der Waals surface area contributed by atoms with E-state index in [1.807, 2.05) is 59.7 Å². The molecule has 2 atom stereocenters. The highest BCUT2D eigenvalue weighted by molar-refractivity contribution is 7.12. The molecule has 0 aliphatic carbocycles. The number of hydrogen-bond donors (Lipinski definition) is 1. The number of carbonyl (C=O) groups is 2. The van der Waals surface area contributed by atoms with Crippen molar-refractivity contribution >= 4 is 23.2 Å². The predicted octanol–water partition coefficient (Wildman–Crippen LogP) is 4.83. The smallest absolute Gasteiger partial charge is 0.264 e. The molecule has 0 saturated heterocycles. The van der Waals surface area contributed by atoms with Crippen molar-refractivity contribution < 1.29 is 14.3 Å². The van der Waals surface area contributed by atoms with Gasteiger partial charge in [0.15, 0.2) is 6.10 Å². The second-order valence-corrected chi connectivity index (χ2v) is 8.90. The van der Waals surface area contributed by atoms with Gasteiger partial charge in [0.2, 0.25) is 0 Å². The number of amides is 2. The Morgan fingerprint density at radius 3 is 2.69 bits per heavy atom. The number of carbonyl (C=O) groups excluding carboxylic acids is 2. The molecule has 0 saturated carbocycles. The average Bonchev–Trinajstić information content (AvgIpc) is 3.37. The van der Waals surface area contributed by atoms with E-state index >= 15 is 0 Å². The molecule has 0 fully saturated rings. The van der Waals surface area contributed by atoms with Crippen LogP contribution in [-0.4, -0.2) is 35.9 Å². The van der Waals surface area contributed by atoms with E-state index in [1.54, 1.807) is 6.92 Å². The summed E-state index contributed by atoms with van der Waals surface area (Å²) < 4.78 is 5.98. The summed E-state index contributed by atoms with van der Waals surface area (Å²) in [4.78, 5) is 28.3. The standard InChI is InChI=1S/C26H28N2O3S/c1-3-14-27-25(29)18(2)31-21-12-11-19-13-15-28(26(30)23-10-7-16-32-23)24(22(19)17-21)20-8-5-4-6-9-20/h4-12,16-18,24H,3,13-15H2,1-2H3,(H,27,29). The zero-order valence-electron chi connectivity index (χ0n) is 18.4. The largest absolute Gasteiger partial charge is 0.481 e. The number of benzene rings is 2. The number of ether oxygens (including phenoxy) is 1. The Balaban J connectivity index is 1.67. The van der Waals surface area contributed by atoms with Crippen molar-refractivity contribution in [1.29, 1.82) is 0 Å². The maximum absolute atomic E-state index is 13.4. The zero-order chi connectivity index (χ0) is 22.5. The Labute approximate surface area is 193 Å². The molecule has 0 radical (unpaired) electrons. The van der Waals surface area contributed by atoms with Gasteiger partial charge >= 0.3 is 0 Å². The van der Waals surface area contributed by atoms with Gasteiger partial charge in [0.05, 0.1) is 10.9 Å². The highest BCUT2D eigenvalue weighted by atomic mass is 32.1. The van der Waals surface area contributed by atoms with Crippen LogP contribution in [-0.2, 0) is 11.2 Å². The summed E-state index contributed by atoms with van der Waals surface area (Å²) in [5, 5.41) is 4.80. The molecule has 2 heterocycles. The topological polar surface area (TPSA) is 58.6 Å². The maximum atomic E-state index is 13.4. The van der Waals surface area contributed by atoms with Gasteiger partial charge in [0, 0.05) is 13.1 Å². The van der Waals surface area contributed by atoms with E-state index in [0.29, 0.717) is 18.8 Å². The van der Waals surface area contributed by atoms with Crippen LogP contribution >= 0.6 is 11.3 Å². The molecular formula is C26H28N2O3S. The van der Waals surface area contributed by atoms with Gasteiger partial charge in [0.25, 0.3) is 11.8 Å². The molecule has 0 spiro atoms. The number of rotatable bonds is 7. The quantitative estimate of drug-likeness (QED) is 0.563. The number of nitrogens with one attached hydrogen (secondary N) is 1. The maximum Gasteiger partial charge on any atom is 0.264 e. The minimum Gasteiger partial charge on any atom is -0.481 e. The summed E-state index contributed by atoms with van der Waals surface area (Å²) in [6.45, 7) is 5.06. The molecule has 1 aliphatic rings. The van der Waals surface area contributed by atoms with Gasteiger partial charge in [-0.15, -0.1) is 11.3 Å². The van der Waals surface area contributed by atoms with Crippen molar-refractivity contribution in [1.82, 2.24) is 10.2 Å². The van der Waals surface area contributed by atoms with Crippen LogP contribution in [0, 0.1) is 0 Å². The number of thiophene rings is 1. The van der Waals surface area contributed by atoms with Gasteiger partial charge in [-0.1, -0.05) is 49.4 Å². The lowest BCUT2D eigenvalue weighted by Crippen LogP contribution is -2.40. The molecule has 32 heavy (non-hydrogen) atoms. The summed E-state index contributed by atoms with van der Waals surface area (Å²) in [5.41, 5.74) is 3.31. The monoisotopic (exact) mass is 448 g/mol. The lowest BCUT2D eigenvalue weighted by Gasteiger charge is -2.38. The lowest BCUT2D eigenvalue weighted by atomic mass is 9.87. The van der Waals surface area contributed by atoms with Gasteiger partial charge in [-0.25, -0.2) is 0 Å². The van der Waals surface area contributed by atoms with Crippen molar-refractivity contribution in [2.45, 2.75) is 38.8 Å². The molecule has 6 heteroatoms. The molecular weight excluding hydrogens is 420 g/mol. The Morgan fingerprint density at radius 1 is 1.16 bits per heavy atom. The van der Waals surface area contributed by atoms with Crippen LogP contribution < -0.4 is 10.1 Å². The van der Waals surface area contributed by atoms with Crippen molar-refractivity contribution in [3.63, 3.8) is 0 Å². The van der Waals surface area contributed by atoms with E-state index < -0.39 is 6.10 Å². The first kappa shape index (κ1) is 22.1. The average molecular weight is 449 g/mol. The van der Waals surface area contributed by atoms with Crippen LogP contribution in [0.1, 0.15) is 52.7 Å². The molecule has 5 nitrogen and oxygen atoms in total. The number of nitrogens with zero attached hydrogens (tertiary/aromatic N) is 1. The Morgan fingerprint density at radius 2 is 1.97 bits per heavy atom. The van der Waals surface area contributed by atoms with E-state index in [9.17, 15) is 9.59 Å². The molecule has 0 bridgehead atoms. The number of hydrogen-bond acceptors (Lipinski definition) is 4. The van der Waals surface area contributed by atoms with Crippen LogP contribution in [0.5, 0.6) is 5.75 Å². The fraction of sp³-hybridized carbons (Fsp3) is 0.308. The zero-order valence-corrected chi connectivity index (χ0v) is 19.2. The fourth-order valence-electron chi connectivity index (χ4n) is 4.07. The van der Waals surface area contributed by atoms with Crippen molar-refractivity contribution in [2.75, 3.05) is 13.1 Å². The Hall–Kier alpha value is -3.12. The number of fused-ring (bicyclic) bond motifs is 1. The van der Waals surface area contributed by atoms with E-state index in [-0.39, 0.29) is 17.9 Å². The van der Waals surface area contributed by atoms with Gasteiger partial charge < -0.3 is 15.0 Å². The molecule has 2 aromatic carbocycles. The first-order valence-corrected chi connectivity index (χ1v) is 11.9. The van der Waals surface area contributed by atoms with Crippen molar-refractivity contribution in [2.24, 2.45) is 0 Å². The third-order valence-corrected chi connectivity index (χ3v) is 6.54. The molecule has 3 aromatic rings. The van der Waals surface area contributed by atoms with Gasteiger partial charge in [0.1, 0.15) is 5.75 Å². The van der Waals surface area contributed by atoms with Gasteiger partial charge in [-0.2, -0.15) is 0 Å². The molecule has 1 aliphatic heterocycles. The van der Waals surface area contributed by atoms with Crippen LogP contribution in [0.25, 0.3) is 0 Å². The van der Waals surface area contributed by atoms with Crippen molar-refractivity contribution in [3.8, 4) is 5.75 Å². The molecule has 1 aromatic heterocycles. The van der Waals surface area contributed by atoms with E-state index in [2.05, 4.69) is 23.5 Å². The second-order valence-electron chi connectivity index (χ2n) is 7.95. The lowest BCUT2D eigenvalue weighted by molar-refractivity contribution is -0.127. The summed E-state index contributed by atoms with van der Waals surface area (Å²) in [6, 6.07) is 19.6. The fourth-order valence-corrected chi connectivity index (χ4v) is 4.75. The third kappa shape index (κ3) is 4.70. The van der Waals surface area contributed by atoms with E-state index in [1.165, 1.54) is 16.9 Å².